The van der Waals surface area contributed by atoms with E-state index in [1.807, 2.05) is 0 Å². The average Bonchev–Trinajstić information content (AvgIpc) is 2.96. The first-order valence-corrected chi connectivity index (χ1v) is 9.33. The highest BCUT2D eigenvalue weighted by Crippen LogP contribution is 2.38. The summed E-state index contributed by atoms with van der Waals surface area (Å²) in [5.74, 6) is 3.36. The van der Waals surface area contributed by atoms with E-state index in [1.165, 1.54) is 12.0 Å². The summed E-state index contributed by atoms with van der Waals surface area (Å²) < 4.78 is 22.9. The van der Waals surface area contributed by atoms with Gasteiger partial charge in [0, 0.05) is 5.56 Å². The molecule has 1 aliphatic rings. The third-order valence-corrected chi connectivity index (χ3v) is 4.64. The summed E-state index contributed by atoms with van der Waals surface area (Å²) in [5.41, 5.74) is -2.50. The highest BCUT2D eigenvalue weighted by molar-refractivity contribution is 5.76. The van der Waals surface area contributed by atoms with Gasteiger partial charge in [-0.3, -0.25) is 9.69 Å². The molecule has 0 N–H and O–H groups in total. The molecule has 1 aromatic carbocycles. The molecule has 1 amide bonds. The van der Waals surface area contributed by atoms with E-state index >= 15 is 0 Å². The van der Waals surface area contributed by atoms with Crippen LogP contribution in [-0.4, -0.2) is 54.0 Å². The Morgan fingerprint density at radius 3 is 2.48 bits per heavy atom. The van der Waals surface area contributed by atoms with Crippen molar-refractivity contribution in [3.05, 3.63) is 23.8 Å². The molecular weight excluding hydrogens is 374 g/mol. The molecule has 2 atom stereocenters. The van der Waals surface area contributed by atoms with Crippen LogP contribution in [0.15, 0.2) is 18.2 Å². The molecule has 0 saturated carbocycles. The Bertz CT molecular complexity index is 820. The van der Waals surface area contributed by atoms with Gasteiger partial charge in [-0.15, -0.1) is 6.42 Å². The largest absolute Gasteiger partial charge is 0.493 e. The van der Waals surface area contributed by atoms with Gasteiger partial charge in [0.25, 0.3) is 0 Å². The summed E-state index contributed by atoms with van der Waals surface area (Å²) in [5, 5.41) is 0. The lowest BCUT2D eigenvalue weighted by Gasteiger charge is -2.40. The van der Waals surface area contributed by atoms with Gasteiger partial charge in [-0.1, -0.05) is 5.92 Å². The number of terminal acetylenes is 1. The number of ether oxygens (including phenoxy) is 4. The molecule has 1 unspecified atom stereocenters. The van der Waals surface area contributed by atoms with Gasteiger partial charge >= 0.3 is 6.09 Å². The summed E-state index contributed by atoms with van der Waals surface area (Å²) in [6.45, 7) is 10.7. The van der Waals surface area contributed by atoms with Crippen molar-refractivity contribution in [1.82, 2.24) is 4.90 Å². The number of methoxy groups -OCH3 is 1. The zero-order valence-corrected chi connectivity index (χ0v) is 18.1. The van der Waals surface area contributed by atoms with Crippen LogP contribution < -0.4 is 9.47 Å². The Labute approximate surface area is 172 Å². The van der Waals surface area contributed by atoms with Crippen LogP contribution in [-0.2, 0) is 9.47 Å². The van der Waals surface area contributed by atoms with E-state index in [0.29, 0.717) is 23.3 Å². The molecule has 1 fully saturated rings. The summed E-state index contributed by atoms with van der Waals surface area (Å²) >= 11 is 0. The Morgan fingerprint density at radius 1 is 1.31 bits per heavy atom. The number of aldehydes is 1. The summed E-state index contributed by atoms with van der Waals surface area (Å²) in [6.07, 6.45) is 6.01. The van der Waals surface area contributed by atoms with Crippen LogP contribution in [0, 0.1) is 12.3 Å². The zero-order valence-electron chi connectivity index (χ0n) is 18.1. The van der Waals surface area contributed by atoms with E-state index in [0.717, 1.165) is 0 Å². The van der Waals surface area contributed by atoms with Crippen LogP contribution in [0.25, 0.3) is 0 Å². The molecule has 1 heterocycles. The molecule has 7 nitrogen and oxygen atoms in total. The van der Waals surface area contributed by atoms with Gasteiger partial charge in [0.2, 0.25) is 0 Å². The minimum Gasteiger partial charge on any atom is -0.493 e. The molecule has 0 bridgehead atoms. The van der Waals surface area contributed by atoms with Gasteiger partial charge in [0.1, 0.15) is 23.7 Å². The number of amides is 1. The van der Waals surface area contributed by atoms with Crippen LogP contribution in [0.2, 0.25) is 0 Å². The molecule has 0 aromatic heterocycles. The van der Waals surface area contributed by atoms with Crippen molar-refractivity contribution in [1.29, 1.82) is 0 Å². The highest BCUT2D eigenvalue weighted by Gasteiger charge is 2.54. The summed E-state index contributed by atoms with van der Waals surface area (Å²) in [4.78, 5) is 25.6. The van der Waals surface area contributed by atoms with Crippen molar-refractivity contribution in [2.24, 2.45) is 0 Å². The SMILES string of the molecule is C#CC(C)(Oc1cc(C=O)ccc1OC)[C@H]1COC(C)(C)N1C(=O)OC(C)(C)C. The van der Waals surface area contributed by atoms with E-state index < -0.39 is 29.1 Å². The number of nitrogens with zero attached hydrogens (tertiary/aromatic N) is 1. The molecule has 0 spiro atoms. The monoisotopic (exact) mass is 403 g/mol. The number of rotatable bonds is 5. The molecule has 0 aliphatic carbocycles. The standard InChI is InChI=1S/C22H29NO6/c1-9-22(7,28-17-12-15(13-24)10-11-16(17)26-8)18-14-27-21(5,6)23(18)19(25)29-20(2,3)4/h1,10-13,18H,14H2,2-8H3/t18-,22?/m1/s1. The lowest BCUT2D eigenvalue weighted by atomic mass is 9.95. The molecular formula is C22H29NO6. The summed E-state index contributed by atoms with van der Waals surface area (Å²) in [6, 6.07) is 4.14. The van der Waals surface area contributed by atoms with Crippen molar-refractivity contribution in [2.75, 3.05) is 13.7 Å². The Hall–Kier alpha value is -2.72. The third kappa shape index (κ3) is 4.83. The van der Waals surface area contributed by atoms with E-state index in [-0.39, 0.29) is 6.61 Å². The smallest absolute Gasteiger partial charge is 0.413 e. The Balaban J connectivity index is 2.44. The number of carbonyl (C=O) groups is 2. The molecule has 29 heavy (non-hydrogen) atoms. The Kier molecular flexibility index (Phi) is 6.19. The van der Waals surface area contributed by atoms with Gasteiger partial charge in [-0.05, 0) is 59.7 Å². The molecule has 158 valence electrons. The maximum absolute atomic E-state index is 13.0. The first-order chi connectivity index (χ1) is 13.4. The second-order valence-corrected chi connectivity index (χ2v) is 8.51. The van der Waals surface area contributed by atoms with Gasteiger partial charge < -0.3 is 18.9 Å². The topological polar surface area (TPSA) is 74.3 Å². The molecule has 1 saturated heterocycles. The second kappa shape index (κ2) is 7.96. The van der Waals surface area contributed by atoms with Crippen molar-refractivity contribution in [3.63, 3.8) is 0 Å². The van der Waals surface area contributed by atoms with Crippen LogP contribution >= 0.6 is 0 Å². The maximum Gasteiger partial charge on any atom is 0.413 e. The van der Waals surface area contributed by atoms with Crippen LogP contribution in [0.4, 0.5) is 4.79 Å². The minimum atomic E-state index is -1.28. The van der Waals surface area contributed by atoms with Crippen LogP contribution in [0.5, 0.6) is 11.5 Å². The van der Waals surface area contributed by atoms with Gasteiger partial charge in [0.15, 0.2) is 17.1 Å². The Morgan fingerprint density at radius 2 is 1.97 bits per heavy atom. The second-order valence-electron chi connectivity index (χ2n) is 8.51. The fraction of sp³-hybridized carbons (Fsp3) is 0.545. The normalized spacial score (nSPS) is 20.3. The lowest BCUT2D eigenvalue weighted by molar-refractivity contribution is -0.0695. The first-order valence-electron chi connectivity index (χ1n) is 9.33. The van der Waals surface area contributed by atoms with Crippen molar-refractivity contribution in [2.45, 2.75) is 64.5 Å². The van der Waals surface area contributed by atoms with E-state index in [4.69, 9.17) is 25.4 Å². The minimum absolute atomic E-state index is 0.155. The molecule has 1 aliphatic heterocycles. The fourth-order valence-electron chi connectivity index (χ4n) is 3.13. The van der Waals surface area contributed by atoms with Crippen molar-refractivity contribution >= 4 is 12.4 Å². The number of hydrogen-bond donors (Lipinski definition) is 0. The molecule has 0 radical (unpaired) electrons. The maximum atomic E-state index is 13.0. The first kappa shape index (κ1) is 22.6. The van der Waals surface area contributed by atoms with Crippen LogP contribution in [0.1, 0.15) is 51.9 Å². The predicted molar refractivity (Wildman–Crippen MR) is 108 cm³/mol. The third-order valence-electron chi connectivity index (χ3n) is 4.64. The zero-order chi connectivity index (χ0) is 22.0. The fourth-order valence-corrected chi connectivity index (χ4v) is 3.13. The van der Waals surface area contributed by atoms with Crippen molar-refractivity contribution in [3.8, 4) is 23.8 Å². The van der Waals surface area contributed by atoms with Crippen LogP contribution in [0.3, 0.4) is 0 Å². The lowest BCUT2D eigenvalue weighted by Crippen LogP contribution is -2.58. The number of hydrogen-bond acceptors (Lipinski definition) is 6. The molecule has 1 aromatic rings. The predicted octanol–water partition coefficient (Wildman–Crippen LogP) is 3.65. The van der Waals surface area contributed by atoms with Crippen molar-refractivity contribution < 1.29 is 28.5 Å². The van der Waals surface area contributed by atoms with Gasteiger partial charge in [0.05, 0.1) is 13.7 Å². The summed E-state index contributed by atoms with van der Waals surface area (Å²) in [7, 11) is 1.49. The molecule has 7 heteroatoms. The average molecular weight is 403 g/mol. The van der Waals surface area contributed by atoms with E-state index in [9.17, 15) is 9.59 Å². The van der Waals surface area contributed by atoms with Gasteiger partial charge in [-0.2, -0.15) is 0 Å². The van der Waals surface area contributed by atoms with Gasteiger partial charge in [-0.25, -0.2) is 4.79 Å². The molecule has 2 rings (SSSR count). The van der Waals surface area contributed by atoms with E-state index in [1.54, 1.807) is 59.7 Å². The number of carbonyl (C=O) groups excluding carboxylic acids is 2. The quantitative estimate of drug-likeness (QED) is 0.552. The number of benzene rings is 1. The highest BCUT2D eigenvalue weighted by atomic mass is 16.6. The van der Waals surface area contributed by atoms with E-state index in [2.05, 4.69) is 5.92 Å².